The summed E-state index contributed by atoms with van der Waals surface area (Å²) in [6, 6.07) is 0.832. The van der Waals surface area contributed by atoms with Crippen molar-refractivity contribution in [3.05, 3.63) is 0 Å². The van der Waals surface area contributed by atoms with Gasteiger partial charge in [-0.05, 0) is 55.5 Å². The quantitative estimate of drug-likeness (QED) is 0.516. The van der Waals surface area contributed by atoms with Gasteiger partial charge in [0.25, 0.3) is 0 Å². The molecule has 0 aromatic rings. The van der Waals surface area contributed by atoms with Crippen molar-refractivity contribution in [2.24, 2.45) is 21.8 Å². The molecule has 0 heterocycles. The van der Waals surface area contributed by atoms with Crippen molar-refractivity contribution in [1.29, 1.82) is 0 Å². The second kappa shape index (κ2) is 3.77. The van der Waals surface area contributed by atoms with Crippen molar-refractivity contribution >= 4 is 34.8 Å². The number of isothiocyanates is 2. The molecule has 4 heteroatoms. The summed E-state index contributed by atoms with van der Waals surface area (Å²) in [6.45, 7) is 0. The number of aliphatic imine (C=N–C) groups is 2. The lowest BCUT2D eigenvalue weighted by molar-refractivity contribution is 0.380. The average Bonchev–Trinajstić information content (AvgIpc) is 2.65. The topological polar surface area (TPSA) is 24.7 Å². The zero-order valence-corrected chi connectivity index (χ0v) is 8.77. The molecule has 2 saturated carbocycles. The second-order valence-electron chi connectivity index (χ2n) is 3.80. The van der Waals surface area contributed by atoms with Crippen LogP contribution < -0.4 is 0 Å². The molecule has 2 aliphatic carbocycles. The third-order valence-electron chi connectivity index (χ3n) is 3.22. The Kier molecular flexibility index (Phi) is 2.66. The molecule has 0 radical (unpaired) electrons. The molecule has 0 aromatic carbocycles. The smallest absolute Gasteiger partial charge is 0.0635 e. The molecule has 0 amide bonds. The number of rotatable bonds is 2. The molecule has 68 valence electrons. The summed E-state index contributed by atoms with van der Waals surface area (Å²) in [7, 11) is 0. The van der Waals surface area contributed by atoms with E-state index in [1.807, 2.05) is 0 Å². The predicted octanol–water partition coefficient (Wildman–Crippen LogP) is 2.36. The Morgan fingerprint density at radius 3 is 1.62 bits per heavy atom. The molecule has 0 N–H and O–H groups in total. The highest BCUT2D eigenvalue weighted by Crippen LogP contribution is 2.47. The Hall–Kier alpha value is -0.400. The zero-order valence-electron chi connectivity index (χ0n) is 7.14. The van der Waals surface area contributed by atoms with E-state index < -0.39 is 0 Å². The number of hydrogen-bond donors (Lipinski definition) is 0. The van der Waals surface area contributed by atoms with Crippen LogP contribution in [0.4, 0.5) is 0 Å². The number of hydrogen-bond acceptors (Lipinski definition) is 4. The molecule has 0 saturated heterocycles. The lowest BCUT2D eigenvalue weighted by Crippen LogP contribution is -2.22. The fourth-order valence-corrected chi connectivity index (χ4v) is 2.94. The molecule has 13 heavy (non-hydrogen) atoms. The van der Waals surface area contributed by atoms with Crippen LogP contribution in [-0.2, 0) is 0 Å². The SMILES string of the molecule is S=C=NC1CC2CC1CC2N=C=S. The van der Waals surface area contributed by atoms with E-state index in [0.717, 1.165) is 12.8 Å². The number of nitrogens with zero attached hydrogens (tertiary/aromatic N) is 2. The fraction of sp³-hybridized carbons (Fsp3) is 0.778. The van der Waals surface area contributed by atoms with E-state index in [1.165, 1.54) is 6.42 Å². The van der Waals surface area contributed by atoms with Gasteiger partial charge in [0.2, 0.25) is 0 Å². The van der Waals surface area contributed by atoms with E-state index in [9.17, 15) is 0 Å². The highest BCUT2D eigenvalue weighted by Gasteiger charge is 2.45. The Labute approximate surface area is 88.2 Å². The summed E-state index contributed by atoms with van der Waals surface area (Å²) in [5.74, 6) is 1.33. The molecular weight excluding hydrogens is 200 g/mol. The summed E-state index contributed by atoms with van der Waals surface area (Å²) in [6.07, 6.45) is 3.45. The van der Waals surface area contributed by atoms with E-state index in [1.54, 1.807) is 0 Å². The van der Waals surface area contributed by atoms with Crippen LogP contribution >= 0.6 is 24.4 Å². The number of thiocarbonyl (C=S) groups is 2. The van der Waals surface area contributed by atoms with E-state index in [2.05, 4.69) is 44.7 Å². The average molecular weight is 210 g/mol. The first-order valence-corrected chi connectivity index (χ1v) is 5.30. The third kappa shape index (κ3) is 1.63. The Morgan fingerprint density at radius 2 is 1.31 bits per heavy atom. The Bertz CT molecular complexity index is 273. The standard InChI is InChI=1S/C9H10N2S2/c12-4-10-8-2-6-1-7(8)3-9(6)11-5-13/h6-9H,1-3H2. The van der Waals surface area contributed by atoms with Crippen LogP contribution in [0.25, 0.3) is 0 Å². The molecule has 2 rings (SSSR count). The molecule has 4 unspecified atom stereocenters. The molecule has 4 atom stereocenters. The minimum absolute atomic E-state index is 0.416. The van der Waals surface area contributed by atoms with Gasteiger partial charge in [-0.25, -0.2) is 9.98 Å². The van der Waals surface area contributed by atoms with Crippen molar-refractivity contribution in [3.8, 4) is 0 Å². The fourth-order valence-electron chi connectivity index (χ4n) is 2.67. The van der Waals surface area contributed by atoms with E-state index in [4.69, 9.17) is 0 Å². The van der Waals surface area contributed by atoms with Crippen molar-refractivity contribution in [3.63, 3.8) is 0 Å². The van der Waals surface area contributed by atoms with Crippen molar-refractivity contribution in [1.82, 2.24) is 0 Å². The van der Waals surface area contributed by atoms with Gasteiger partial charge < -0.3 is 0 Å². The monoisotopic (exact) mass is 210 g/mol. The maximum Gasteiger partial charge on any atom is 0.0635 e. The van der Waals surface area contributed by atoms with Crippen molar-refractivity contribution in [2.75, 3.05) is 0 Å². The number of fused-ring (bicyclic) bond motifs is 2. The van der Waals surface area contributed by atoms with E-state index >= 15 is 0 Å². The van der Waals surface area contributed by atoms with Crippen LogP contribution in [0.1, 0.15) is 19.3 Å². The molecule has 0 spiro atoms. The Morgan fingerprint density at radius 1 is 0.846 bits per heavy atom. The van der Waals surface area contributed by atoms with Crippen LogP contribution in [0.3, 0.4) is 0 Å². The Balaban J connectivity index is 2.06. The van der Waals surface area contributed by atoms with Gasteiger partial charge in [0.15, 0.2) is 0 Å². The first-order valence-electron chi connectivity index (χ1n) is 4.49. The second-order valence-corrected chi connectivity index (χ2v) is 4.17. The van der Waals surface area contributed by atoms with E-state index in [0.29, 0.717) is 23.9 Å². The highest BCUT2D eigenvalue weighted by molar-refractivity contribution is 7.78. The first-order chi connectivity index (χ1) is 6.35. The maximum atomic E-state index is 4.62. The van der Waals surface area contributed by atoms with Gasteiger partial charge in [0.05, 0.1) is 22.4 Å². The van der Waals surface area contributed by atoms with Gasteiger partial charge in [0, 0.05) is 0 Å². The van der Waals surface area contributed by atoms with Gasteiger partial charge in [-0.1, -0.05) is 0 Å². The van der Waals surface area contributed by atoms with Crippen LogP contribution in [0.2, 0.25) is 0 Å². The molecule has 0 aromatic heterocycles. The van der Waals surface area contributed by atoms with Crippen LogP contribution in [0.5, 0.6) is 0 Å². The molecular formula is C9H10N2S2. The lowest BCUT2D eigenvalue weighted by atomic mass is 9.92. The van der Waals surface area contributed by atoms with Gasteiger partial charge in [-0.3, -0.25) is 0 Å². The molecule has 0 aliphatic heterocycles. The minimum atomic E-state index is 0.416. The first kappa shape index (κ1) is 9.17. The van der Waals surface area contributed by atoms with Crippen LogP contribution in [-0.4, -0.2) is 22.4 Å². The molecule has 2 aliphatic rings. The molecule has 2 nitrogen and oxygen atoms in total. The molecule has 2 bridgehead atoms. The van der Waals surface area contributed by atoms with Crippen molar-refractivity contribution in [2.45, 2.75) is 31.3 Å². The summed E-state index contributed by atoms with van der Waals surface area (Å²) >= 11 is 9.23. The third-order valence-corrected chi connectivity index (χ3v) is 3.43. The van der Waals surface area contributed by atoms with Crippen LogP contribution in [0, 0.1) is 11.8 Å². The van der Waals surface area contributed by atoms with E-state index in [-0.39, 0.29) is 0 Å². The summed E-state index contributed by atoms with van der Waals surface area (Å²) in [4.78, 5) is 8.36. The maximum absolute atomic E-state index is 4.62. The molecule has 2 fully saturated rings. The summed E-state index contributed by atoms with van der Waals surface area (Å²) in [5, 5.41) is 4.97. The van der Waals surface area contributed by atoms with Crippen LogP contribution in [0.15, 0.2) is 9.98 Å². The van der Waals surface area contributed by atoms with Crippen molar-refractivity contribution < 1.29 is 0 Å². The van der Waals surface area contributed by atoms with Gasteiger partial charge in [-0.15, -0.1) is 0 Å². The summed E-state index contributed by atoms with van der Waals surface area (Å²) in [5.41, 5.74) is 0. The minimum Gasteiger partial charge on any atom is -0.229 e. The largest absolute Gasteiger partial charge is 0.229 e. The van der Waals surface area contributed by atoms with Gasteiger partial charge in [-0.2, -0.15) is 0 Å². The predicted molar refractivity (Wildman–Crippen MR) is 58.5 cm³/mol. The van der Waals surface area contributed by atoms with Gasteiger partial charge >= 0.3 is 0 Å². The normalized spacial score (nSPS) is 40.9. The summed E-state index contributed by atoms with van der Waals surface area (Å²) < 4.78 is 0. The highest BCUT2D eigenvalue weighted by atomic mass is 32.1. The lowest BCUT2D eigenvalue weighted by Gasteiger charge is -2.20. The zero-order chi connectivity index (χ0) is 9.26. The van der Waals surface area contributed by atoms with Gasteiger partial charge in [0.1, 0.15) is 0 Å².